The number of amides is 1. The first kappa shape index (κ1) is 18.6. The van der Waals surface area contributed by atoms with E-state index in [1.807, 2.05) is 0 Å². The number of halogens is 4. The predicted octanol–water partition coefficient (Wildman–Crippen LogP) is 3.80. The molecule has 1 aromatic rings. The van der Waals surface area contributed by atoms with Gasteiger partial charge in [-0.2, -0.15) is 13.2 Å². The van der Waals surface area contributed by atoms with Crippen LogP contribution in [0.4, 0.5) is 18.9 Å². The van der Waals surface area contributed by atoms with Crippen molar-refractivity contribution < 1.29 is 18.0 Å². The van der Waals surface area contributed by atoms with Crippen LogP contribution in [0.3, 0.4) is 0 Å². The van der Waals surface area contributed by atoms with Gasteiger partial charge in [0.25, 0.3) is 5.91 Å². The zero-order valence-corrected chi connectivity index (χ0v) is 13.1. The van der Waals surface area contributed by atoms with Gasteiger partial charge in [-0.25, -0.2) is 0 Å². The molecule has 1 fully saturated rings. The second-order valence-electron chi connectivity index (χ2n) is 5.63. The highest BCUT2D eigenvalue weighted by Gasteiger charge is 2.32. The van der Waals surface area contributed by atoms with Gasteiger partial charge < -0.3 is 10.6 Å². The highest BCUT2D eigenvalue weighted by Crippen LogP contribution is 2.31. The lowest BCUT2D eigenvalue weighted by atomic mass is 10.1. The summed E-state index contributed by atoms with van der Waals surface area (Å²) in [4.78, 5) is 13.8. The fraction of sp³-hybridized carbons (Fsp3) is 0.533. The monoisotopic (exact) mass is 336 g/mol. The third kappa shape index (κ3) is 5.40. The van der Waals surface area contributed by atoms with E-state index in [1.54, 1.807) is 19.1 Å². The Morgan fingerprint density at radius 2 is 2.00 bits per heavy atom. The Kier molecular flexibility index (Phi) is 6.11. The van der Waals surface area contributed by atoms with Crippen LogP contribution in [-0.4, -0.2) is 30.1 Å². The van der Waals surface area contributed by atoms with Crippen molar-refractivity contribution in [3.05, 3.63) is 29.3 Å². The molecule has 1 aliphatic carbocycles. The van der Waals surface area contributed by atoms with Crippen LogP contribution >= 0.6 is 12.4 Å². The standard InChI is InChI=1S/C15H19F3N2O.ClH/c1-10-2-5-12(19)8-13(10)14(21)20(9-11-3-4-11)7-6-15(16,17)18;/h2,5,8,11H,3-4,6-7,9,19H2,1H3;1H. The minimum absolute atomic E-state index is 0. The van der Waals surface area contributed by atoms with Crippen LogP contribution in [-0.2, 0) is 0 Å². The van der Waals surface area contributed by atoms with Gasteiger partial charge in [-0.3, -0.25) is 4.79 Å². The molecule has 124 valence electrons. The van der Waals surface area contributed by atoms with Crippen molar-refractivity contribution in [3.63, 3.8) is 0 Å². The number of carbonyl (C=O) groups is 1. The van der Waals surface area contributed by atoms with Crippen molar-refractivity contribution >= 4 is 24.0 Å². The number of aryl methyl sites for hydroxylation is 1. The lowest BCUT2D eigenvalue weighted by molar-refractivity contribution is -0.136. The smallest absolute Gasteiger partial charge is 0.390 e. The van der Waals surface area contributed by atoms with Gasteiger partial charge in [-0.05, 0) is 43.4 Å². The molecule has 1 amide bonds. The Hall–Kier alpha value is -1.43. The molecule has 0 bridgehead atoms. The maximum atomic E-state index is 12.5. The maximum Gasteiger partial charge on any atom is 0.390 e. The van der Waals surface area contributed by atoms with E-state index in [2.05, 4.69) is 0 Å². The SMILES string of the molecule is Cc1ccc(N)cc1C(=O)N(CCC(F)(F)F)CC1CC1.Cl. The quantitative estimate of drug-likeness (QED) is 0.831. The fourth-order valence-corrected chi connectivity index (χ4v) is 2.19. The number of nitrogens with two attached hydrogens (primary N) is 1. The van der Waals surface area contributed by atoms with Crippen molar-refractivity contribution in [1.29, 1.82) is 0 Å². The molecular weight excluding hydrogens is 317 g/mol. The molecule has 0 radical (unpaired) electrons. The van der Waals surface area contributed by atoms with E-state index >= 15 is 0 Å². The second-order valence-corrected chi connectivity index (χ2v) is 5.63. The summed E-state index contributed by atoms with van der Waals surface area (Å²) in [6, 6.07) is 4.92. The lowest BCUT2D eigenvalue weighted by Crippen LogP contribution is -2.36. The molecule has 2 rings (SSSR count). The van der Waals surface area contributed by atoms with E-state index < -0.39 is 12.6 Å². The van der Waals surface area contributed by atoms with Gasteiger partial charge in [-0.15, -0.1) is 12.4 Å². The van der Waals surface area contributed by atoms with Crippen molar-refractivity contribution in [2.75, 3.05) is 18.8 Å². The molecule has 1 saturated carbocycles. The molecule has 22 heavy (non-hydrogen) atoms. The second kappa shape index (κ2) is 7.22. The molecule has 1 aromatic carbocycles. The van der Waals surface area contributed by atoms with Gasteiger partial charge in [0.2, 0.25) is 0 Å². The van der Waals surface area contributed by atoms with Gasteiger partial charge in [0.1, 0.15) is 0 Å². The zero-order valence-electron chi connectivity index (χ0n) is 12.3. The number of hydrogen-bond donors (Lipinski definition) is 1. The minimum atomic E-state index is -4.26. The fourth-order valence-electron chi connectivity index (χ4n) is 2.19. The number of rotatable bonds is 5. The summed E-state index contributed by atoms with van der Waals surface area (Å²) in [6.45, 7) is 1.85. The Bertz CT molecular complexity index is 530. The molecule has 2 N–H and O–H groups in total. The van der Waals surface area contributed by atoms with Gasteiger partial charge in [0.05, 0.1) is 6.42 Å². The molecule has 0 aromatic heterocycles. The van der Waals surface area contributed by atoms with Crippen molar-refractivity contribution in [2.45, 2.75) is 32.4 Å². The number of anilines is 1. The summed E-state index contributed by atoms with van der Waals surface area (Å²) in [5.41, 5.74) is 7.22. The number of benzene rings is 1. The maximum absolute atomic E-state index is 12.5. The zero-order chi connectivity index (χ0) is 15.6. The highest BCUT2D eigenvalue weighted by molar-refractivity contribution is 5.96. The number of hydrogen-bond acceptors (Lipinski definition) is 2. The third-order valence-electron chi connectivity index (χ3n) is 3.62. The molecular formula is C15H20ClF3N2O. The van der Waals surface area contributed by atoms with Crippen LogP contribution in [0, 0.1) is 12.8 Å². The summed E-state index contributed by atoms with van der Waals surface area (Å²) >= 11 is 0. The van der Waals surface area contributed by atoms with Crippen molar-refractivity contribution in [3.8, 4) is 0 Å². The number of nitrogens with zero attached hydrogens (tertiary/aromatic N) is 1. The molecule has 7 heteroatoms. The average molecular weight is 337 g/mol. The largest absolute Gasteiger partial charge is 0.399 e. The highest BCUT2D eigenvalue weighted by atomic mass is 35.5. The van der Waals surface area contributed by atoms with E-state index in [9.17, 15) is 18.0 Å². The molecule has 1 aliphatic rings. The summed E-state index contributed by atoms with van der Waals surface area (Å²) in [5, 5.41) is 0. The van der Waals surface area contributed by atoms with Crippen LogP contribution in [0.2, 0.25) is 0 Å². The van der Waals surface area contributed by atoms with Crippen LogP contribution in [0.1, 0.15) is 35.2 Å². The average Bonchev–Trinajstić information content (AvgIpc) is 3.19. The van der Waals surface area contributed by atoms with E-state index in [0.717, 1.165) is 18.4 Å². The molecule has 0 unspecified atom stereocenters. The normalized spacial score (nSPS) is 14.4. The molecule has 0 spiro atoms. The number of nitrogen functional groups attached to an aromatic ring is 1. The van der Waals surface area contributed by atoms with Crippen LogP contribution in [0.5, 0.6) is 0 Å². The first-order chi connectivity index (χ1) is 9.76. The van der Waals surface area contributed by atoms with E-state index in [0.29, 0.717) is 23.7 Å². The topological polar surface area (TPSA) is 46.3 Å². The Labute approximate surface area is 134 Å². The minimum Gasteiger partial charge on any atom is -0.399 e. The molecule has 0 saturated heterocycles. The Morgan fingerprint density at radius 3 is 2.55 bits per heavy atom. The first-order valence-electron chi connectivity index (χ1n) is 6.98. The number of carbonyl (C=O) groups excluding carboxylic acids is 1. The Morgan fingerprint density at radius 1 is 1.36 bits per heavy atom. The lowest BCUT2D eigenvalue weighted by Gasteiger charge is -2.24. The third-order valence-corrected chi connectivity index (χ3v) is 3.62. The number of alkyl halides is 3. The van der Waals surface area contributed by atoms with Crippen LogP contribution < -0.4 is 5.73 Å². The van der Waals surface area contributed by atoms with Crippen LogP contribution in [0.25, 0.3) is 0 Å². The van der Waals surface area contributed by atoms with Gasteiger partial charge in [-0.1, -0.05) is 6.07 Å². The van der Waals surface area contributed by atoms with E-state index in [1.165, 1.54) is 11.0 Å². The molecule has 0 aliphatic heterocycles. The van der Waals surface area contributed by atoms with Gasteiger partial charge >= 0.3 is 6.18 Å². The molecule has 3 nitrogen and oxygen atoms in total. The summed E-state index contributed by atoms with van der Waals surface area (Å²) in [6.07, 6.45) is -3.28. The van der Waals surface area contributed by atoms with E-state index in [-0.39, 0.29) is 24.9 Å². The van der Waals surface area contributed by atoms with Crippen molar-refractivity contribution in [2.24, 2.45) is 5.92 Å². The summed E-state index contributed by atoms with van der Waals surface area (Å²) in [7, 11) is 0. The summed E-state index contributed by atoms with van der Waals surface area (Å²) < 4.78 is 37.3. The molecule has 0 heterocycles. The van der Waals surface area contributed by atoms with E-state index in [4.69, 9.17) is 5.73 Å². The summed E-state index contributed by atoms with van der Waals surface area (Å²) in [5.74, 6) is -0.0282. The van der Waals surface area contributed by atoms with Crippen LogP contribution in [0.15, 0.2) is 18.2 Å². The van der Waals surface area contributed by atoms with Gasteiger partial charge in [0, 0.05) is 24.3 Å². The Balaban J connectivity index is 0.00000242. The van der Waals surface area contributed by atoms with Crippen molar-refractivity contribution in [1.82, 2.24) is 4.90 Å². The van der Waals surface area contributed by atoms with Gasteiger partial charge in [0.15, 0.2) is 0 Å². The predicted molar refractivity (Wildman–Crippen MR) is 82.1 cm³/mol. The first-order valence-corrected chi connectivity index (χ1v) is 6.98. The molecule has 0 atom stereocenters.